The normalized spacial score (nSPS) is 11.2. The molecule has 4 aromatic rings. The summed E-state index contributed by atoms with van der Waals surface area (Å²) in [6.07, 6.45) is 4.25. The van der Waals surface area contributed by atoms with Crippen LogP contribution in [-0.2, 0) is 0 Å². The van der Waals surface area contributed by atoms with Crippen molar-refractivity contribution in [3.8, 4) is 5.75 Å². The van der Waals surface area contributed by atoms with Crippen molar-refractivity contribution in [1.29, 1.82) is 0 Å². The van der Waals surface area contributed by atoms with Gasteiger partial charge in [-0.05, 0) is 35.0 Å². The maximum Gasteiger partial charge on any atom is 0.211 e. The summed E-state index contributed by atoms with van der Waals surface area (Å²) in [5.41, 5.74) is 1.20. The van der Waals surface area contributed by atoms with E-state index in [1.165, 1.54) is 27.1 Å². The maximum absolute atomic E-state index is 5.30. The van der Waals surface area contributed by atoms with Gasteiger partial charge in [-0.2, -0.15) is 4.40 Å². The van der Waals surface area contributed by atoms with Crippen molar-refractivity contribution in [3.05, 3.63) is 67.0 Å². The predicted octanol–water partition coefficient (Wildman–Crippen LogP) is 3.74. The number of aromatic nitrogens is 1. The Morgan fingerprint density at radius 3 is 2.65 bits per heavy atom. The summed E-state index contributed by atoms with van der Waals surface area (Å²) >= 11 is 0. The minimum atomic E-state index is 0.895. The van der Waals surface area contributed by atoms with Crippen LogP contribution in [0.15, 0.2) is 67.0 Å². The zero-order chi connectivity index (χ0) is 13.5. The molecule has 0 unspecified atom stereocenters. The Balaban J connectivity index is 2.14. The SMILES string of the molecule is COc1ccc2c(ccc3c[n+]4ccccc4cc32)c1. The lowest BCUT2D eigenvalue weighted by molar-refractivity contribution is -0.510. The zero-order valence-corrected chi connectivity index (χ0v) is 11.2. The Hall–Kier alpha value is -2.61. The fraction of sp³-hybridized carbons (Fsp3) is 0.0556. The highest BCUT2D eigenvalue weighted by Crippen LogP contribution is 2.28. The number of benzene rings is 2. The van der Waals surface area contributed by atoms with Gasteiger partial charge in [-0.25, -0.2) is 0 Å². The first-order chi connectivity index (χ1) is 9.85. The number of nitrogens with zero attached hydrogens (tertiary/aromatic N) is 1. The van der Waals surface area contributed by atoms with Crippen molar-refractivity contribution in [3.63, 3.8) is 0 Å². The van der Waals surface area contributed by atoms with Crippen LogP contribution in [0, 0.1) is 0 Å². The summed E-state index contributed by atoms with van der Waals surface area (Å²) in [6.45, 7) is 0. The van der Waals surface area contributed by atoms with Gasteiger partial charge in [0.15, 0.2) is 12.4 Å². The van der Waals surface area contributed by atoms with E-state index >= 15 is 0 Å². The van der Waals surface area contributed by atoms with Gasteiger partial charge in [0.2, 0.25) is 5.52 Å². The van der Waals surface area contributed by atoms with Gasteiger partial charge in [0, 0.05) is 29.0 Å². The lowest BCUT2D eigenvalue weighted by atomic mass is 10.0. The van der Waals surface area contributed by atoms with E-state index in [-0.39, 0.29) is 0 Å². The second-order valence-electron chi connectivity index (χ2n) is 4.96. The lowest BCUT2D eigenvalue weighted by Gasteiger charge is -2.05. The van der Waals surface area contributed by atoms with Crippen molar-refractivity contribution >= 4 is 27.1 Å². The summed E-state index contributed by atoms with van der Waals surface area (Å²) in [5.74, 6) is 0.895. The summed E-state index contributed by atoms with van der Waals surface area (Å²) in [6, 6.07) is 19.0. The number of ether oxygens (including phenoxy) is 1. The fourth-order valence-corrected chi connectivity index (χ4v) is 2.76. The van der Waals surface area contributed by atoms with E-state index in [2.05, 4.69) is 59.3 Å². The van der Waals surface area contributed by atoms with Crippen LogP contribution in [0.3, 0.4) is 0 Å². The first-order valence-electron chi connectivity index (χ1n) is 6.66. The van der Waals surface area contributed by atoms with E-state index in [4.69, 9.17) is 4.74 Å². The molecule has 96 valence electrons. The highest BCUT2D eigenvalue weighted by Gasteiger charge is 2.08. The second kappa shape index (κ2) is 4.20. The third-order valence-corrected chi connectivity index (χ3v) is 3.80. The molecule has 0 fully saturated rings. The van der Waals surface area contributed by atoms with E-state index in [1.54, 1.807) is 7.11 Å². The largest absolute Gasteiger partial charge is 0.497 e. The van der Waals surface area contributed by atoms with Crippen LogP contribution in [0.2, 0.25) is 0 Å². The molecule has 2 nitrogen and oxygen atoms in total. The third kappa shape index (κ3) is 1.62. The van der Waals surface area contributed by atoms with Crippen LogP contribution < -0.4 is 9.14 Å². The predicted molar refractivity (Wildman–Crippen MR) is 81.2 cm³/mol. The summed E-state index contributed by atoms with van der Waals surface area (Å²) in [5, 5.41) is 4.98. The monoisotopic (exact) mass is 260 g/mol. The molecule has 0 N–H and O–H groups in total. The van der Waals surface area contributed by atoms with Crippen LogP contribution in [-0.4, -0.2) is 7.11 Å². The number of hydrogen-bond donors (Lipinski definition) is 0. The Labute approximate surface area is 116 Å². The first-order valence-corrected chi connectivity index (χ1v) is 6.66. The average molecular weight is 260 g/mol. The van der Waals surface area contributed by atoms with E-state index in [0.717, 1.165) is 5.75 Å². The summed E-state index contributed by atoms with van der Waals surface area (Å²) < 4.78 is 7.45. The minimum absolute atomic E-state index is 0.895. The van der Waals surface area contributed by atoms with Gasteiger partial charge in [-0.15, -0.1) is 0 Å². The van der Waals surface area contributed by atoms with Crippen LogP contribution in [0.4, 0.5) is 0 Å². The molecule has 2 heterocycles. The molecule has 0 aliphatic rings. The van der Waals surface area contributed by atoms with Crippen LogP contribution in [0.25, 0.3) is 27.1 Å². The van der Waals surface area contributed by atoms with Crippen LogP contribution >= 0.6 is 0 Å². The van der Waals surface area contributed by atoms with E-state index in [1.807, 2.05) is 12.1 Å². The third-order valence-electron chi connectivity index (χ3n) is 3.80. The first kappa shape index (κ1) is 11.2. The van der Waals surface area contributed by atoms with Crippen molar-refractivity contribution < 1.29 is 9.14 Å². The van der Waals surface area contributed by atoms with E-state index in [9.17, 15) is 0 Å². The molecule has 4 rings (SSSR count). The molecule has 0 aliphatic carbocycles. The molecule has 0 spiro atoms. The Bertz CT molecular complexity index is 944. The number of hydrogen-bond acceptors (Lipinski definition) is 1. The molecule has 0 amide bonds. The fourth-order valence-electron chi connectivity index (χ4n) is 2.76. The highest BCUT2D eigenvalue weighted by molar-refractivity contribution is 6.08. The minimum Gasteiger partial charge on any atom is -0.497 e. The molecule has 2 aromatic carbocycles. The Morgan fingerprint density at radius 1 is 0.850 bits per heavy atom. The van der Waals surface area contributed by atoms with Gasteiger partial charge in [0.05, 0.1) is 7.11 Å². The summed E-state index contributed by atoms with van der Waals surface area (Å²) in [4.78, 5) is 0. The van der Waals surface area contributed by atoms with Crippen molar-refractivity contribution in [1.82, 2.24) is 0 Å². The number of pyridine rings is 2. The lowest BCUT2D eigenvalue weighted by Crippen LogP contribution is -2.19. The molecule has 2 aromatic heterocycles. The molecule has 0 saturated heterocycles. The quantitative estimate of drug-likeness (QED) is 0.289. The smallest absolute Gasteiger partial charge is 0.211 e. The molecular weight excluding hydrogens is 246 g/mol. The van der Waals surface area contributed by atoms with Crippen LogP contribution in [0.1, 0.15) is 0 Å². The number of methoxy groups -OCH3 is 1. The molecule has 0 bridgehead atoms. The molecule has 0 saturated carbocycles. The van der Waals surface area contributed by atoms with Gasteiger partial charge in [0.1, 0.15) is 5.75 Å². The molecule has 2 heteroatoms. The topological polar surface area (TPSA) is 13.3 Å². The standard InChI is InChI=1S/C18H14NO/c1-20-16-7-8-17-13(10-16)5-6-14-12-19-9-3-2-4-15(19)11-18(14)17/h2-12H,1H3/q+1. The molecule has 0 aliphatic heterocycles. The zero-order valence-electron chi connectivity index (χ0n) is 11.2. The van der Waals surface area contributed by atoms with Gasteiger partial charge < -0.3 is 4.74 Å². The Morgan fingerprint density at radius 2 is 1.75 bits per heavy atom. The number of fused-ring (bicyclic) bond motifs is 4. The van der Waals surface area contributed by atoms with E-state index in [0.29, 0.717) is 0 Å². The van der Waals surface area contributed by atoms with Crippen molar-refractivity contribution in [2.24, 2.45) is 0 Å². The van der Waals surface area contributed by atoms with Gasteiger partial charge in [-0.1, -0.05) is 12.1 Å². The van der Waals surface area contributed by atoms with Gasteiger partial charge in [0.25, 0.3) is 0 Å². The van der Waals surface area contributed by atoms with Crippen LogP contribution in [0.5, 0.6) is 5.75 Å². The Kier molecular flexibility index (Phi) is 2.36. The van der Waals surface area contributed by atoms with Crippen molar-refractivity contribution in [2.45, 2.75) is 0 Å². The maximum atomic E-state index is 5.30. The average Bonchev–Trinajstić information content (AvgIpc) is 2.52. The molecular formula is C18H14NO+. The number of rotatable bonds is 1. The molecule has 0 radical (unpaired) electrons. The highest BCUT2D eigenvalue weighted by atomic mass is 16.5. The van der Waals surface area contributed by atoms with Crippen molar-refractivity contribution in [2.75, 3.05) is 7.11 Å². The van der Waals surface area contributed by atoms with Gasteiger partial charge >= 0.3 is 0 Å². The summed E-state index contributed by atoms with van der Waals surface area (Å²) in [7, 11) is 1.70. The molecule has 0 atom stereocenters. The molecule has 20 heavy (non-hydrogen) atoms. The van der Waals surface area contributed by atoms with E-state index < -0.39 is 0 Å². The second-order valence-corrected chi connectivity index (χ2v) is 4.96. The van der Waals surface area contributed by atoms with Gasteiger partial charge in [-0.3, -0.25) is 0 Å².